The number of ether oxygens (including phenoxy) is 4. The normalized spacial score (nSPS) is 15.4. The minimum absolute atomic E-state index is 0.177. The Morgan fingerprint density at radius 1 is 0.600 bits per heavy atom. The maximum atomic E-state index is 12.9. The van der Waals surface area contributed by atoms with Crippen LogP contribution < -0.4 is 0 Å². The van der Waals surface area contributed by atoms with Gasteiger partial charge in [0.1, 0.15) is 17.6 Å². The molecular formula is C43H40O7. The van der Waals surface area contributed by atoms with Crippen molar-refractivity contribution in [2.24, 2.45) is 5.92 Å². The molecule has 5 aromatic rings. The van der Waals surface area contributed by atoms with Crippen LogP contribution in [0.1, 0.15) is 60.5 Å². The van der Waals surface area contributed by atoms with E-state index in [1.807, 2.05) is 66.7 Å². The largest absolute Gasteiger partial charge is 0.465 e. The summed E-state index contributed by atoms with van der Waals surface area (Å²) in [6.07, 6.45) is 2.57. The van der Waals surface area contributed by atoms with E-state index in [9.17, 15) is 14.4 Å². The molecule has 6 rings (SSSR count). The topological polar surface area (TPSA) is 88.1 Å². The first-order valence-electron chi connectivity index (χ1n) is 16.8. The van der Waals surface area contributed by atoms with Gasteiger partial charge in [-0.05, 0) is 71.2 Å². The zero-order valence-corrected chi connectivity index (χ0v) is 28.2. The van der Waals surface area contributed by atoms with E-state index in [1.54, 1.807) is 12.1 Å². The third kappa shape index (κ3) is 7.38. The number of benzene rings is 5. The Labute approximate surface area is 292 Å². The molecule has 1 aliphatic rings. The lowest BCUT2D eigenvalue weighted by Gasteiger charge is -2.40. The molecule has 0 bridgehead atoms. The summed E-state index contributed by atoms with van der Waals surface area (Å²) in [7, 11) is 2.57. The molecule has 0 N–H and O–H groups in total. The van der Waals surface area contributed by atoms with Gasteiger partial charge in [-0.25, -0.2) is 9.59 Å². The van der Waals surface area contributed by atoms with Gasteiger partial charge in [-0.1, -0.05) is 121 Å². The van der Waals surface area contributed by atoms with Crippen LogP contribution in [0.5, 0.6) is 0 Å². The monoisotopic (exact) mass is 668 g/mol. The lowest BCUT2D eigenvalue weighted by Crippen LogP contribution is -2.49. The molecular weight excluding hydrogens is 628 g/mol. The molecule has 1 fully saturated rings. The van der Waals surface area contributed by atoms with Crippen LogP contribution in [0.4, 0.5) is 0 Å². The van der Waals surface area contributed by atoms with Crippen molar-refractivity contribution in [1.82, 2.24) is 0 Å². The van der Waals surface area contributed by atoms with Gasteiger partial charge in [0.05, 0.1) is 32.0 Å². The number of cyclic esters (lactones) is 1. The van der Waals surface area contributed by atoms with Crippen molar-refractivity contribution in [3.05, 3.63) is 178 Å². The number of aryl methyl sites for hydroxylation is 3. The predicted molar refractivity (Wildman–Crippen MR) is 190 cm³/mol. The van der Waals surface area contributed by atoms with E-state index in [0.29, 0.717) is 12.8 Å². The minimum atomic E-state index is -0.907. The molecule has 0 aromatic heterocycles. The van der Waals surface area contributed by atoms with E-state index < -0.39 is 17.5 Å². The maximum Gasteiger partial charge on any atom is 0.338 e. The zero-order chi connectivity index (χ0) is 34.9. The van der Waals surface area contributed by atoms with Crippen LogP contribution in [0.3, 0.4) is 0 Å². The van der Waals surface area contributed by atoms with Gasteiger partial charge in [0.2, 0.25) is 0 Å². The van der Waals surface area contributed by atoms with Gasteiger partial charge in [0, 0.05) is 0 Å². The Morgan fingerprint density at radius 3 is 1.62 bits per heavy atom. The van der Waals surface area contributed by atoms with Crippen molar-refractivity contribution in [1.29, 1.82) is 0 Å². The number of esters is 3. The number of rotatable bonds is 14. The summed E-state index contributed by atoms with van der Waals surface area (Å²) >= 11 is 0. The highest BCUT2D eigenvalue weighted by atomic mass is 16.6. The Balaban J connectivity index is 1.13. The van der Waals surface area contributed by atoms with Crippen molar-refractivity contribution >= 4 is 17.9 Å². The summed E-state index contributed by atoms with van der Waals surface area (Å²) in [6, 6.07) is 43.9. The molecule has 0 spiro atoms. The highest BCUT2D eigenvalue weighted by Crippen LogP contribution is 2.42. The van der Waals surface area contributed by atoms with Crippen LogP contribution in [-0.4, -0.2) is 44.8 Å². The molecule has 7 nitrogen and oxygen atoms in total. The summed E-state index contributed by atoms with van der Waals surface area (Å²) in [4.78, 5) is 37.3. The van der Waals surface area contributed by atoms with Crippen molar-refractivity contribution in [2.45, 2.75) is 37.4 Å². The van der Waals surface area contributed by atoms with Crippen LogP contribution in [0.25, 0.3) is 0 Å². The average molecular weight is 669 g/mol. The van der Waals surface area contributed by atoms with Gasteiger partial charge in [0.25, 0.3) is 0 Å². The molecule has 7 heteroatoms. The highest BCUT2D eigenvalue weighted by molar-refractivity contribution is 6.03. The standard InChI is InChI=1S/C43H40O7/c1-47-40(44)36-25-23-32(28-37(36)41(45)48-2)22-21-30-13-12-14-31(27-30)24-26-39-38(42(46)50-39)29-49-43(33-15-6-3-7-16-33,34-17-8-4-9-18-34)35-19-10-5-11-20-35/h3-20,23,25,27-28,38-39H,21-22,24,26,29H2,1-2H3/t38-,39-/m1/s1. The smallest absolute Gasteiger partial charge is 0.338 e. The van der Waals surface area contributed by atoms with Gasteiger partial charge >= 0.3 is 17.9 Å². The number of methoxy groups -OCH3 is 2. The maximum absolute atomic E-state index is 12.9. The number of carbonyl (C=O) groups is 3. The van der Waals surface area contributed by atoms with E-state index in [0.717, 1.165) is 46.2 Å². The van der Waals surface area contributed by atoms with E-state index in [1.165, 1.54) is 14.2 Å². The Bertz CT molecular complexity index is 1820. The van der Waals surface area contributed by atoms with Crippen LogP contribution in [-0.2, 0) is 48.6 Å². The molecule has 50 heavy (non-hydrogen) atoms. The molecule has 5 aromatic carbocycles. The van der Waals surface area contributed by atoms with E-state index in [2.05, 4.69) is 54.6 Å². The zero-order valence-electron chi connectivity index (χ0n) is 28.2. The molecule has 1 saturated heterocycles. The van der Waals surface area contributed by atoms with E-state index >= 15 is 0 Å². The first-order chi connectivity index (χ1) is 24.4. The highest BCUT2D eigenvalue weighted by Gasteiger charge is 2.45. The second-order valence-electron chi connectivity index (χ2n) is 12.4. The Morgan fingerprint density at radius 2 is 1.10 bits per heavy atom. The number of hydrogen-bond donors (Lipinski definition) is 0. The third-order valence-corrected chi connectivity index (χ3v) is 9.35. The fourth-order valence-corrected chi connectivity index (χ4v) is 6.67. The molecule has 2 atom stereocenters. The molecule has 0 radical (unpaired) electrons. The van der Waals surface area contributed by atoms with Gasteiger partial charge in [-0.15, -0.1) is 0 Å². The van der Waals surface area contributed by atoms with Crippen molar-refractivity contribution in [3.63, 3.8) is 0 Å². The van der Waals surface area contributed by atoms with Crippen LogP contribution in [0, 0.1) is 5.92 Å². The predicted octanol–water partition coefficient (Wildman–Crippen LogP) is 7.53. The molecule has 0 amide bonds. The first kappa shape index (κ1) is 34.3. The quantitative estimate of drug-likeness (QED) is 0.0687. The molecule has 0 aliphatic carbocycles. The van der Waals surface area contributed by atoms with E-state index in [-0.39, 0.29) is 35.7 Å². The van der Waals surface area contributed by atoms with Crippen LogP contribution in [0.15, 0.2) is 133 Å². The van der Waals surface area contributed by atoms with Crippen molar-refractivity contribution in [3.8, 4) is 0 Å². The molecule has 0 saturated carbocycles. The molecule has 1 heterocycles. The second-order valence-corrected chi connectivity index (χ2v) is 12.4. The van der Waals surface area contributed by atoms with E-state index in [4.69, 9.17) is 18.9 Å². The number of carbonyl (C=O) groups excluding carboxylic acids is 3. The lowest BCUT2D eigenvalue weighted by atomic mass is 9.79. The van der Waals surface area contributed by atoms with Gasteiger partial charge in [0.15, 0.2) is 0 Å². The van der Waals surface area contributed by atoms with Crippen LogP contribution in [0.2, 0.25) is 0 Å². The SMILES string of the molecule is COC(=O)c1ccc(CCc2cccc(CC[C@H]3OC(=O)[C@@H]3COC(c3ccccc3)(c3ccccc3)c3ccccc3)c2)cc1C(=O)OC. The number of hydrogen-bond acceptors (Lipinski definition) is 7. The van der Waals surface area contributed by atoms with Gasteiger partial charge in [-0.3, -0.25) is 4.79 Å². The van der Waals surface area contributed by atoms with Gasteiger partial charge < -0.3 is 18.9 Å². The Hall–Kier alpha value is -5.53. The van der Waals surface area contributed by atoms with Crippen molar-refractivity contribution in [2.75, 3.05) is 20.8 Å². The summed E-state index contributed by atoms with van der Waals surface area (Å²) in [5.41, 5.74) is 5.61. The molecule has 0 unspecified atom stereocenters. The Kier molecular flexibility index (Phi) is 10.8. The average Bonchev–Trinajstić information content (AvgIpc) is 3.17. The fraction of sp³-hybridized carbons (Fsp3) is 0.233. The molecule has 254 valence electrons. The van der Waals surface area contributed by atoms with Crippen LogP contribution >= 0.6 is 0 Å². The molecule has 1 aliphatic heterocycles. The third-order valence-electron chi connectivity index (χ3n) is 9.35. The second kappa shape index (κ2) is 15.8. The van der Waals surface area contributed by atoms with Gasteiger partial charge in [-0.2, -0.15) is 0 Å². The fourth-order valence-electron chi connectivity index (χ4n) is 6.67. The summed E-state index contributed by atoms with van der Waals surface area (Å²) in [5.74, 6) is -1.79. The first-order valence-corrected chi connectivity index (χ1v) is 16.8. The lowest BCUT2D eigenvalue weighted by molar-refractivity contribution is -0.194. The summed E-state index contributed by atoms with van der Waals surface area (Å²) < 4.78 is 22.3. The minimum Gasteiger partial charge on any atom is -0.465 e. The summed E-state index contributed by atoms with van der Waals surface area (Å²) in [6.45, 7) is 0.213. The summed E-state index contributed by atoms with van der Waals surface area (Å²) in [5, 5.41) is 0. The van der Waals surface area contributed by atoms with Crippen molar-refractivity contribution < 1.29 is 33.3 Å².